The summed E-state index contributed by atoms with van der Waals surface area (Å²) in [7, 11) is 0. The molecule has 1 heterocycles. The molecule has 2 rings (SSSR count). The highest BCUT2D eigenvalue weighted by molar-refractivity contribution is 5.98. The first kappa shape index (κ1) is 16.4. The Morgan fingerprint density at radius 1 is 1.15 bits per heavy atom. The molecular weight excluding hydrogens is 254 g/mol. The molecule has 0 spiro atoms. The SMILES string of the molecule is CC.CC(Cc1ccccc1)N1C(=O)CC(O)CC1=O. The largest absolute Gasteiger partial charge is 0.392 e. The highest BCUT2D eigenvalue weighted by atomic mass is 16.3. The zero-order valence-corrected chi connectivity index (χ0v) is 12.4. The van der Waals surface area contributed by atoms with Gasteiger partial charge in [-0.3, -0.25) is 14.5 Å². The maximum absolute atomic E-state index is 11.8. The molecule has 1 atom stereocenters. The fourth-order valence-corrected chi connectivity index (χ4v) is 2.35. The molecule has 1 unspecified atom stereocenters. The van der Waals surface area contributed by atoms with Crippen molar-refractivity contribution in [3.63, 3.8) is 0 Å². The Labute approximate surface area is 120 Å². The van der Waals surface area contributed by atoms with Crippen molar-refractivity contribution in [2.24, 2.45) is 0 Å². The Morgan fingerprint density at radius 2 is 1.65 bits per heavy atom. The molecule has 1 aromatic carbocycles. The summed E-state index contributed by atoms with van der Waals surface area (Å²) in [6.07, 6.45) is -0.0744. The molecular formula is C16H23NO3. The summed E-state index contributed by atoms with van der Waals surface area (Å²) >= 11 is 0. The lowest BCUT2D eigenvalue weighted by atomic mass is 10.0. The van der Waals surface area contributed by atoms with Gasteiger partial charge in [0, 0.05) is 6.04 Å². The molecule has 1 aromatic rings. The van der Waals surface area contributed by atoms with Crippen molar-refractivity contribution in [3.8, 4) is 0 Å². The molecule has 20 heavy (non-hydrogen) atoms. The molecule has 2 amide bonds. The number of imide groups is 1. The Morgan fingerprint density at radius 3 is 2.15 bits per heavy atom. The Hall–Kier alpha value is -1.68. The van der Waals surface area contributed by atoms with Gasteiger partial charge in [-0.2, -0.15) is 0 Å². The number of amides is 2. The van der Waals surface area contributed by atoms with Gasteiger partial charge in [0.25, 0.3) is 0 Å². The van der Waals surface area contributed by atoms with E-state index < -0.39 is 6.10 Å². The minimum absolute atomic E-state index is 0.0465. The molecule has 1 fully saturated rings. The quantitative estimate of drug-likeness (QED) is 0.861. The lowest BCUT2D eigenvalue weighted by molar-refractivity contribution is -0.154. The molecule has 0 radical (unpaired) electrons. The van der Waals surface area contributed by atoms with Crippen molar-refractivity contribution in [3.05, 3.63) is 35.9 Å². The van der Waals surface area contributed by atoms with Gasteiger partial charge < -0.3 is 5.11 Å². The number of aliphatic hydroxyl groups is 1. The van der Waals surface area contributed by atoms with Crippen LogP contribution in [0.4, 0.5) is 0 Å². The molecule has 4 heteroatoms. The van der Waals surface area contributed by atoms with Gasteiger partial charge in [-0.25, -0.2) is 0 Å². The number of hydrogen-bond donors (Lipinski definition) is 1. The van der Waals surface area contributed by atoms with Gasteiger partial charge in [0.05, 0.1) is 18.9 Å². The van der Waals surface area contributed by atoms with Crippen molar-refractivity contribution >= 4 is 11.8 Å². The zero-order chi connectivity index (χ0) is 15.1. The van der Waals surface area contributed by atoms with Crippen LogP contribution in [0.1, 0.15) is 39.2 Å². The average molecular weight is 277 g/mol. The van der Waals surface area contributed by atoms with Crippen molar-refractivity contribution in [2.75, 3.05) is 0 Å². The van der Waals surface area contributed by atoms with Gasteiger partial charge in [-0.05, 0) is 18.9 Å². The summed E-state index contributed by atoms with van der Waals surface area (Å²) < 4.78 is 0. The summed E-state index contributed by atoms with van der Waals surface area (Å²) in [6, 6.07) is 9.59. The number of carbonyl (C=O) groups excluding carboxylic acids is 2. The number of carbonyl (C=O) groups is 2. The van der Waals surface area contributed by atoms with E-state index in [1.165, 1.54) is 4.90 Å². The second-order valence-electron chi connectivity index (χ2n) is 4.76. The van der Waals surface area contributed by atoms with Gasteiger partial charge in [-0.1, -0.05) is 44.2 Å². The normalized spacial score (nSPS) is 17.5. The lowest BCUT2D eigenvalue weighted by Crippen LogP contribution is -2.50. The minimum Gasteiger partial charge on any atom is -0.392 e. The number of hydrogen-bond acceptors (Lipinski definition) is 3. The van der Waals surface area contributed by atoms with E-state index in [0.29, 0.717) is 6.42 Å². The molecule has 4 nitrogen and oxygen atoms in total. The summed E-state index contributed by atoms with van der Waals surface area (Å²) in [5.74, 6) is -0.552. The second kappa shape index (κ2) is 7.80. The first-order chi connectivity index (χ1) is 9.58. The van der Waals surface area contributed by atoms with Crippen molar-refractivity contribution in [2.45, 2.75) is 52.2 Å². The van der Waals surface area contributed by atoms with Crippen LogP contribution >= 0.6 is 0 Å². The van der Waals surface area contributed by atoms with Gasteiger partial charge in [0.2, 0.25) is 11.8 Å². The van der Waals surface area contributed by atoms with Gasteiger partial charge in [0.15, 0.2) is 0 Å². The van der Waals surface area contributed by atoms with Crippen molar-refractivity contribution < 1.29 is 14.7 Å². The summed E-state index contributed by atoms with van der Waals surface area (Å²) in [4.78, 5) is 24.9. The summed E-state index contributed by atoms with van der Waals surface area (Å²) in [5, 5.41) is 9.37. The highest BCUT2D eigenvalue weighted by Gasteiger charge is 2.34. The number of benzene rings is 1. The molecule has 0 aliphatic carbocycles. The Kier molecular flexibility index (Phi) is 6.39. The zero-order valence-electron chi connectivity index (χ0n) is 12.4. The third-order valence-corrected chi connectivity index (χ3v) is 3.17. The molecule has 0 aromatic heterocycles. The Balaban J connectivity index is 0.000000956. The molecule has 1 N–H and O–H groups in total. The van der Waals surface area contributed by atoms with Gasteiger partial charge in [-0.15, -0.1) is 0 Å². The molecule has 0 saturated carbocycles. The second-order valence-corrected chi connectivity index (χ2v) is 4.76. The molecule has 1 aliphatic heterocycles. The fraction of sp³-hybridized carbons (Fsp3) is 0.500. The van der Waals surface area contributed by atoms with E-state index >= 15 is 0 Å². The predicted molar refractivity (Wildman–Crippen MR) is 78.0 cm³/mol. The topological polar surface area (TPSA) is 57.6 Å². The van der Waals surface area contributed by atoms with Crippen LogP contribution < -0.4 is 0 Å². The van der Waals surface area contributed by atoms with Crippen LogP contribution in [0.15, 0.2) is 30.3 Å². The lowest BCUT2D eigenvalue weighted by Gasteiger charge is -2.32. The predicted octanol–water partition coefficient (Wildman–Crippen LogP) is 2.15. The van der Waals surface area contributed by atoms with E-state index in [1.807, 2.05) is 51.1 Å². The van der Waals surface area contributed by atoms with Crippen LogP contribution in [-0.4, -0.2) is 34.0 Å². The van der Waals surface area contributed by atoms with E-state index in [0.717, 1.165) is 5.56 Å². The number of piperidine rings is 1. The van der Waals surface area contributed by atoms with Crippen LogP contribution in [0.2, 0.25) is 0 Å². The van der Waals surface area contributed by atoms with E-state index in [2.05, 4.69) is 0 Å². The van der Waals surface area contributed by atoms with Gasteiger partial charge in [0.1, 0.15) is 0 Å². The monoisotopic (exact) mass is 277 g/mol. The summed E-state index contributed by atoms with van der Waals surface area (Å²) in [5.41, 5.74) is 1.09. The third kappa shape index (κ3) is 4.17. The van der Waals surface area contributed by atoms with E-state index in [9.17, 15) is 14.7 Å². The number of rotatable bonds is 3. The molecule has 0 bridgehead atoms. The van der Waals surface area contributed by atoms with Crippen LogP contribution in [-0.2, 0) is 16.0 Å². The van der Waals surface area contributed by atoms with Crippen LogP contribution in [0.25, 0.3) is 0 Å². The fourth-order valence-electron chi connectivity index (χ4n) is 2.35. The maximum atomic E-state index is 11.8. The van der Waals surface area contributed by atoms with Crippen molar-refractivity contribution in [1.82, 2.24) is 4.90 Å². The first-order valence-corrected chi connectivity index (χ1v) is 7.15. The maximum Gasteiger partial charge on any atom is 0.232 e. The van der Waals surface area contributed by atoms with Crippen LogP contribution in [0, 0.1) is 0 Å². The summed E-state index contributed by atoms with van der Waals surface area (Å²) in [6.45, 7) is 5.86. The van der Waals surface area contributed by atoms with E-state index in [1.54, 1.807) is 0 Å². The average Bonchev–Trinajstić information content (AvgIpc) is 2.41. The smallest absolute Gasteiger partial charge is 0.232 e. The molecule has 1 aliphatic rings. The van der Waals surface area contributed by atoms with E-state index in [-0.39, 0.29) is 30.7 Å². The number of nitrogens with zero attached hydrogens (tertiary/aromatic N) is 1. The first-order valence-electron chi connectivity index (χ1n) is 7.15. The number of likely N-dealkylation sites (tertiary alicyclic amines) is 1. The molecule has 1 saturated heterocycles. The standard InChI is InChI=1S/C14H17NO3.C2H6/c1-10(7-11-5-3-2-4-6-11)15-13(17)8-12(16)9-14(15)18;1-2/h2-6,10,12,16H,7-9H2,1H3;1-2H3. The third-order valence-electron chi connectivity index (χ3n) is 3.17. The minimum atomic E-state index is -0.815. The van der Waals surface area contributed by atoms with Crippen molar-refractivity contribution in [1.29, 1.82) is 0 Å². The number of aliphatic hydroxyl groups excluding tert-OH is 1. The van der Waals surface area contributed by atoms with E-state index in [4.69, 9.17) is 0 Å². The van der Waals surface area contributed by atoms with Crippen LogP contribution in [0.5, 0.6) is 0 Å². The van der Waals surface area contributed by atoms with Gasteiger partial charge >= 0.3 is 0 Å². The highest BCUT2D eigenvalue weighted by Crippen LogP contribution is 2.18. The van der Waals surface area contributed by atoms with Crippen LogP contribution in [0.3, 0.4) is 0 Å². The Bertz CT molecular complexity index is 426. The molecule has 110 valence electrons.